The Balaban J connectivity index is 2.18. The summed E-state index contributed by atoms with van der Waals surface area (Å²) in [6, 6.07) is 6.99. The lowest BCUT2D eigenvalue weighted by molar-refractivity contribution is 0.103. The van der Waals surface area contributed by atoms with Crippen molar-refractivity contribution < 1.29 is 9.90 Å². The lowest BCUT2D eigenvalue weighted by Gasteiger charge is -2.05. The summed E-state index contributed by atoms with van der Waals surface area (Å²) in [5.74, 6) is 0.0470. The van der Waals surface area contributed by atoms with Gasteiger partial charge in [0.25, 0.3) is 5.91 Å². The molecule has 0 spiro atoms. The number of aromatic hydroxyl groups is 1. The number of carbonyl (C=O) groups is 1. The number of phenolic OH excluding ortho intramolecular Hbond substituents is 1. The maximum Gasteiger partial charge on any atom is 0.265 e. The van der Waals surface area contributed by atoms with Crippen LogP contribution >= 0.6 is 11.3 Å². The van der Waals surface area contributed by atoms with E-state index in [0.717, 1.165) is 16.0 Å². The molecule has 0 atom stereocenters. The summed E-state index contributed by atoms with van der Waals surface area (Å²) in [4.78, 5) is 13.8. The summed E-state index contributed by atoms with van der Waals surface area (Å²) < 4.78 is 0. The van der Waals surface area contributed by atoms with E-state index in [1.54, 1.807) is 18.2 Å². The number of rotatable bonds is 2. The maximum atomic E-state index is 12.0. The Kier molecular flexibility index (Phi) is 3.39. The summed E-state index contributed by atoms with van der Waals surface area (Å²) in [5, 5.41) is 12.4. The Morgan fingerprint density at radius 3 is 2.44 bits per heavy atom. The molecule has 0 saturated heterocycles. The minimum absolute atomic E-state index is 0.139. The van der Waals surface area contributed by atoms with Crippen LogP contribution in [0.1, 0.15) is 25.7 Å². The molecule has 0 radical (unpaired) electrons. The predicted molar refractivity (Wildman–Crippen MR) is 74.6 cm³/mol. The summed E-state index contributed by atoms with van der Waals surface area (Å²) in [7, 11) is 0. The SMILES string of the molecule is Cc1ccc(NC(=O)c2cc(C)c(C)s2)cc1O. The van der Waals surface area contributed by atoms with Gasteiger partial charge in [-0.2, -0.15) is 0 Å². The zero-order chi connectivity index (χ0) is 13.3. The number of thiophene rings is 1. The van der Waals surface area contributed by atoms with Crippen LogP contribution < -0.4 is 5.32 Å². The number of carbonyl (C=O) groups excluding carboxylic acids is 1. The van der Waals surface area contributed by atoms with Crippen molar-refractivity contribution in [2.24, 2.45) is 0 Å². The number of benzene rings is 1. The zero-order valence-corrected chi connectivity index (χ0v) is 11.4. The number of amides is 1. The van der Waals surface area contributed by atoms with E-state index in [2.05, 4.69) is 5.32 Å². The van der Waals surface area contributed by atoms with Gasteiger partial charge in [0, 0.05) is 16.6 Å². The van der Waals surface area contributed by atoms with Gasteiger partial charge < -0.3 is 10.4 Å². The van der Waals surface area contributed by atoms with Gasteiger partial charge in [0.05, 0.1) is 4.88 Å². The Bertz CT molecular complexity index is 582. The Morgan fingerprint density at radius 2 is 1.89 bits per heavy atom. The topological polar surface area (TPSA) is 49.3 Å². The molecule has 0 fully saturated rings. The highest BCUT2D eigenvalue weighted by Crippen LogP contribution is 2.24. The molecule has 0 saturated carbocycles. The molecule has 4 heteroatoms. The minimum atomic E-state index is -0.139. The molecule has 2 N–H and O–H groups in total. The molecule has 0 bridgehead atoms. The van der Waals surface area contributed by atoms with Gasteiger partial charge >= 0.3 is 0 Å². The second-order valence-corrected chi connectivity index (χ2v) is 5.56. The Hall–Kier alpha value is -1.81. The summed E-state index contributed by atoms with van der Waals surface area (Å²) >= 11 is 1.47. The van der Waals surface area contributed by atoms with Crippen molar-refractivity contribution in [3.63, 3.8) is 0 Å². The van der Waals surface area contributed by atoms with Gasteiger partial charge in [0.15, 0.2) is 0 Å². The molecule has 0 unspecified atom stereocenters. The third kappa shape index (κ3) is 2.54. The zero-order valence-electron chi connectivity index (χ0n) is 10.6. The Morgan fingerprint density at radius 1 is 1.17 bits per heavy atom. The van der Waals surface area contributed by atoms with Crippen LogP contribution in [0.4, 0.5) is 5.69 Å². The van der Waals surface area contributed by atoms with Gasteiger partial charge in [-0.25, -0.2) is 0 Å². The first-order valence-electron chi connectivity index (χ1n) is 5.65. The van der Waals surface area contributed by atoms with Crippen molar-refractivity contribution in [1.29, 1.82) is 0 Å². The number of nitrogens with one attached hydrogen (secondary N) is 1. The molecule has 2 aromatic rings. The number of aryl methyl sites for hydroxylation is 3. The summed E-state index contributed by atoms with van der Waals surface area (Å²) in [5.41, 5.74) is 2.51. The first-order chi connectivity index (χ1) is 8.47. The monoisotopic (exact) mass is 261 g/mol. The fourth-order valence-electron chi connectivity index (χ4n) is 1.56. The molecule has 2 rings (SSSR count). The van der Waals surface area contributed by atoms with E-state index in [1.807, 2.05) is 26.8 Å². The van der Waals surface area contributed by atoms with Crippen LogP contribution in [0.2, 0.25) is 0 Å². The van der Waals surface area contributed by atoms with Gasteiger partial charge in [0.1, 0.15) is 5.75 Å². The van der Waals surface area contributed by atoms with Crippen molar-refractivity contribution >= 4 is 22.9 Å². The number of anilines is 1. The van der Waals surface area contributed by atoms with E-state index in [0.29, 0.717) is 10.6 Å². The molecule has 1 amide bonds. The number of hydrogen-bond donors (Lipinski definition) is 2. The van der Waals surface area contributed by atoms with Gasteiger partial charge in [0.2, 0.25) is 0 Å². The molecule has 3 nitrogen and oxygen atoms in total. The fourth-order valence-corrected chi connectivity index (χ4v) is 2.49. The molecule has 0 aliphatic rings. The van der Waals surface area contributed by atoms with Crippen molar-refractivity contribution in [3.8, 4) is 5.75 Å². The maximum absolute atomic E-state index is 12.0. The quantitative estimate of drug-likeness (QED) is 0.867. The molecule has 94 valence electrons. The summed E-state index contributed by atoms with van der Waals surface area (Å²) in [6.45, 7) is 5.79. The van der Waals surface area contributed by atoms with E-state index in [-0.39, 0.29) is 11.7 Å². The highest BCUT2D eigenvalue weighted by atomic mass is 32.1. The van der Waals surface area contributed by atoms with Crippen LogP contribution in [0.15, 0.2) is 24.3 Å². The smallest absolute Gasteiger partial charge is 0.265 e. The first kappa shape index (κ1) is 12.6. The van der Waals surface area contributed by atoms with Crippen molar-refractivity contribution in [2.75, 3.05) is 5.32 Å². The Labute approximate surface area is 110 Å². The van der Waals surface area contributed by atoms with Crippen molar-refractivity contribution in [3.05, 3.63) is 45.1 Å². The molecule has 0 aliphatic carbocycles. The lowest BCUT2D eigenvalue weighted by Crippen LogP contribution is -2.09. The van der Waals surface area contributed by atoms with Gasteiger partial charge in [-0.1, -0.05) is 6.07 Å². The third-order valence-corrected chi connectivity index (χ3v) is 4.01. The first-order valence-corrected chi connectivity index (χ1v) is 6.47. The minimum Gasteiger partial charge on any atom is -0.508 e. The molecule has 0 aliphatic heterocycles. The van der Waals surface area contributed by atoms with Gasteiger partial charge in [-0.3, -0.25) is 4.79 Å². The van der Waals surface area contributed by atoms with Gasteiger partial charge in [-0.15, -0.1) is 11.3 Å². The van der Waals surface area contributed by atoms with E-state index in [1.165, 1.54) is 11.3 Å². The van der Waals surface area contributed by atoms with E-state index in [4.69, 9.17) is 0 Å². The molecular weight excluding hydrogens is 246 g/mol. The normalized spacial score (nSPS) is 10.4. The largest absolute Gasteiger partial charge is 0.508 e. The molecule has 1 aromatic heterocycles. The third-order valence-electron chi connectivity index (χ3n) is 2.86. The predicted octanol–water partition coefficient (Wildman–Crippen LogP) is 3.63. The van der Waals surface area contributed by atoms with Crippen LogP contribution in [0.3, 0.4) is 0 Å². The lowest BCUT2D eigenvalue weighted by atomic mass is 10.2. The summed E-state index contributed by atoms with van der Waals surface area (Å²) in [6.07, 6.45) is 0. The highest BCUT2D eigenvalue weighted by Gasteiger charge is 2.11. The standard InChI is InChI=1S/C14H15NO2S/c1-8-4-5-11(7-12(8)16)15-14(17)13-6-9(2)10(3)18-13/h4-7,16H,1-3H3,(H,15,17). The molecular formula is C14H15NO2S. The molecule has 18 heavy (non-hydrogen) atoms. The van der Waals surface area contributed by atoms with Crippen LogP contribution in [0.5, 0.6) is 5.75 Å². The van der Waals surface area contributed by atoms with Crippen LogP contribution in [0.25, 0.3) is 0 Å². The van der Waals surface area contributed by atoms with Crippen LogP contribution in [-0.2, 0) is 0 Å². The second kappa shape index (κ2) is 4.82. The number of phenols is 1. The van der Waals surface area contributed by atoms with E-state index in [9.17, 15) is 9.90 Å². The van der Waals surface area contributed by atoms with Crippen LogP contribution in [0, 0.1) is 20.8 Å². The van der Waals surface area contributed by atoms with E-state index >= 15 is 0 Å². The average Bonchev–Trinajstić information content (AvgIpc) is 2.65. The molecule has 1 aromatic carbocycles. The van der Waals surface area contributed by atoms with Crippen molar-refractivity contribution in [2.45, 2.75) is 20.8 Å². The average molecular weight is 261 g/mol. The van der Waals surface area contributed by atoms with Crippen molar-refractivity contribution in [1.82, 2.24) is 0 Å². The highest BCUT2D eigenvalue weighted by molar-refractivity contribution is 7.14. The van der Waals surface area contributed by atoms with Gasteiger partial charge in [-0.05, 0) is 44.0 Å². The fraction of sp³-hybridized carbons (Fsp3) is 0.214. The van der Waals surface area contributed by atoms with Crippen LogP contribution in [-0.4, -0.2) is 11.0 Å². The van der Waals surface area contributed by atoms with E-state index < -0.39 is 0 Å². The number of hydrogen-bond acceptors (Lipinski definition) is 3. The second-order valence-electron chi connectivity index (χ2n) is 4.31. The molecule has 1 heterocycles.